The van der Waals surface area contributed by atoms with Crippen molar-refractivity contribution in [3.63, 3.8) is 0 Å². The summed E-state index contributed by atoms with van der Waals surface area (Å²) in [7, 11) is 0. The number of nitrogens with zero attached hydrogens (tertiary/aromatic N) is 13. The Balaban J connectivity index is 0.00000913. The summed E-state index contributed by atoms with van der Waals surface area (Å²) in [4.78, 5) is 51.0. The molecule has 0 bridgehead atoms. The molecule has 6 rings (SSSR count). The average molecular weight is 995 g/mol. The lowest BCUT2D eigenvalue weighted by Gasteiger charge is -2.38. The smallest absolute Gasteiger partial charge is 0.247 e. The summed E-state index contributed by atoms with van der Waals surface area (Å²) in [6.45, 7) is 14.0. The summed E-state index contributed by atoms with van der Waals surface area (Å²) in [6, 6.07) is 4.51. The van der Waals surface area contributed by atoms with E-state index in [1.807, 2.05) is 33.4 Å². The Bertz CT molecular complexity index is 2250. The maximum atomic E-state index is 14.5. The summed E-state index contributed by atoms with van der Waals surface area (Å²) >= 11 is 0. The molecule has 4 aromatic rings. The SMILES string of the molecule is C#CCOCCOCCOCCNc1nc(N2CCN(C(=O)C(Cc3ccc(O)cc3)n3cc(C(N)C(C)CC)nn3)CC2)nc(N2CCN(C(=O)C(C(C)CC)n3cc(C(N)CO)nn3)CC2)n1.[Cl-]. The Labute approximate surface area is 416 Å². The first kappa shape index (κ1) is 55.2. The van der Waals surface area contributed by atoms with E-state index in [-0.39, 0.29) is 61.1 Å². The quantitative estimate of drug-likeness (QED) is 0.0335. The van der Waals surface area contributed by atoms with Gasteiger partial charge in [-0.2, -0.15) is 15.0 Å². The number of piperazine rings is 2. The average Bonchev–Trinajstić information content (AvgIpc) is 4.08. The molecule has 6 unspecified atom stereocenters. The molecular formula is C46H70ClN16O7-. The molecule has 0 saturated carbocycles. The normalized spacial score (nSPS) is 16.7. The number of hydrogen-bond acceptors (Lipinski definition) is 19. The molecule has 2 fully saturated rings. The van der Waals surface area contributed by atoms with Crippen LogP contribution in [0.2, 0.25) is 0 Å². The Kier molecular flexibility index (Phi) is 21.8. The summed E-state index contributed by atoms with van der Waals surface area (Å²) in [6.07, 6.45) is 10.6. The molecule has 0 spiro atoms. The molecule has 3 aromatic heterocycles. The van der Waals surface area contributed by atoms with Crippen molar-refractivity contribution < 1.29 is 46.4 Å². The zero-order chi connectivity index (χ0) is 49.3. The van der Waals surface area contributed by atoms with Crippen LogP contribution in [0.1, 0.15) is 81.7 Å². The van der Waals surface area contributed by atoms with E-state index in [4.69, 9.17) is 47.1 Å². The molecule has 23 nitrogen and oxygen atoms in total. The highest BCUT2D eigenvalue weighted by Gasteiger charge is 2.35. The molecule has 7 N–H and O–H groups in total. The van der Waals surface area contributed by atoms with E-state index in [1.165, 1.54) is 0 Å². The van der Waals surface area contributed by atoms with Gasteiger partial charge < -0.3 is 73.2 Å². The first-order valence-corrected chi connectivity index (χ1v) is 23.9. The molecule has 1 aromatic carbocycles. The van der Waals surface area contributed by atoms with Crippen molar-refractivity contribution in [3.8, 4) is 18.1 Å². The van der Waals surface area contributed by atoms with Crippen molar-refractivity contribution in [1.29, 1.82) is 0 Å². The minimum Gasteiger partial charge on any atom is -1.00 e. The van der Waals surface area contributed by atoms with Crippen LogP contribution in [0.3, 0.4) is 0 Å². The Morgan fingerprint density at radius 2 is 1.30 bits per heavy atom. The third kappa shape index (κ3) is 14.9. The first-order chi connectivity index (χ1) is 33.4. The molecule has 70 heavy (non-hydrogen) atoms. The number of hydrogen-bond donors (Lipinski definition) is 5. The van der Waals surface area contributed by atoms with E-state index >= 15 is 0 Å². The predicted octanol–water partition coefficient (Wildman–Crippen LogP) is -2.03. The number of rotatable bonds is 26. The topological polar surface area (TPSA) is 279 Å². The maximum Gasteiger partial charge on any atom is 0.247 e. The Morgan fingerprint density at radius 1 is 0.757 bits per heavy atom. The summed E-state index contributed by atoms with van der Waals surface area (Å²) < 4.78 is 19.7. The molecule has 2 saturated heterocycles. The second kappa shape index (κ2) is 27.6. The van der Waals surface area contributed by atoms with Gasteiger partial charge in [0, 0.05) is 65.3 Å². The largest absolute Gasteiger partial charge is 1.00 e. The number of nitrogens with one attached hydrogen (secondary N) is 1. The van der Waals surface area contributed by atoms with Crippen molar-refractivity contribution in [1.82, 2.24) is 54.7 Å². The molecule has 2 aliphatic heterocycles. The van der Waals surface area contributed by atoms with Crippen LogP contribution in [0.4, 0.5) is 17.8 Å². The zero-order valence-corrected chi connectivity index (χ0v) is 41.5. The van der Waals surface area contributed by atoms with E-state index < -0.39 is 18.1 Å². The second-order valence-corrected chi connectivity index (χ2v) is 17.5. The molecule has 0 radical (unpaired) electrons. The van der Waals surface area contributed by atoms with Crippen LogP contribution in [-0.4, -0.2) is 182 Å². The maximum absolute atomic E-state index is 14.5. The fraction of sp³-hybridized carbons (Fsp3) is 0.630. The molecule has 0 aliphatic carbocycles. The summed E-state index contributed by atoms with van der Waals surface area (Å²) in [5.41, 5.74) is 14.4. The lowest BCUT2D eigenvalue weighted by atomic mass is 9.97. The van der Waals surface area contributed by atoms with E-state index in [1.54, 1.807) is 46.0 Å². The molecule has 2 aliphatic rings. The number of amides is 2. The fourth-order valence-electron chi connectivity index (χ4n) is 7.99. The third-order valence-electron chi connectivity index (χ3n) is 12.7. The van der Waals surface area contributed by atoms with Crippen molar-refractivity contribution in [2.75, 3.05) is 120 Å². The van der Waals surface area contributed by atoms with Gasteiger partial charge >= 0.3 is 0 Å². The summed E-state index contributed by atoms with van der Waals surface area (Å²) in [5, 5.41) is 40.0. The number of phenolic OH excluding ortho intramolecular Hbond substituents is 1. The molecule has 5 heterocycles. The van der Waals surface area contributed by atoms with Crippen LogP contribution in [-0.2, 0) is 30.2 Å². The highest BCUT2D eigenvalue weighted by Crippen LogP contribution is 2.28. The van der Waals surface area contributed by atoms with Gasteiger partial charge in [-0.05, 0) is 29.5 Å². The monoisotopic (exact) mass is 994 g/mol. The minimum atomic E-state index is -0.697. The molecule has 24 heteroatoms. The number of aliphatic hydroxyl groups excluding tert-OH is 1. The lowest BCUT2D eigenvalue weighted by molar-refractivity contribution is -0.137. The molecular weight excluding hydrogens is 924 g/mol. The summed E-state index contributed by atoms with van der Waals surface area (Å²) in [5.74, 6) is 3.79. The Morgan fingerprint density at radius 3 is 1.89 bits per heavy atom. The Hall–Kier alpha value is -5.74. The zero-order valence-electron chi connectivity index (χ0n) is 40.7. The van der Waals surface area contributed by atoms with E-state index in [0.29, 0.717) is 128 Å². The van der Waals surface area contributed by atoms with Gasteiger partial charge in [-0.3, -0.25) is 9.59 Å². The number of ether oxygens (including phenoxy) is 3. The van der Waals surface area contributed by atoms with Gasteiger partial charge in [0.2, 0.25) is 29.7 Å². The number of carbonyl (C=O) groups is 2. The number of nitrogens with two attached hydrogens (primary N) is 2. The standard InChI is InChI=1S/C46H70N16O7.ClH/c1-6-22-67-24-26-69-27-25-68-23-13-49-44-50-45(52-46(51-44)60-20-16-58(17-21-60)43(66)41(33(5)8-3)62-29-37(53-56-62)36(47)31-63)59-18-14-57(15-19-59)42(65)39(28-34-9-11-35(64)12-10-34)61-30-38(54-55-61)40(48)32(4)7-2;/h1,9-12,29-30,32-33,36,39-41,63-64H,7-8,13-28,31,47-48H2,2-5H3,(H,49,50,51,52);1H/p-1. The lowest BCUT2D eigenvalue weighted by Crippen LogP contribution is -3.00. The van der Waals surface area contributed by atoms with Crippen molar-refractivity contribution in [2.24, 2.45) is 23.3 Å². The number of aromatic hydroxyl groups is 1. The number of phenols is 1. The molecule has 2 amide bonds. The number of terminal acetylenes is 1. The second-order valence-electron chi connectivity index (χ2n) is 17.5. The van der Waals surface area contributed by atoms with E-state index in [9.17, 15) is 19.8 Å². The van der Waals surface area contributed by atoms with Crippen LogP contribution in [0.25, 0.3) is 0 Å². The van der Waals surface area contributed by atoms with Gasteiger partial charge in [0.1, 0.15) is 30.1 Å². The minimum absolute atomic E-state index is 0. The number of benzene rings is 1. The van der Waals surface area contributed by atoms with E-state index in [0.717, 1.165) is 18.4 Å². The van der Waals surface area contributed by atoms with Gasteiger partial charge in [0.25, 0.3) is 0 Å². The van der Waals surface area contributed by atoms with Crippen molar-refractivity contribution in [2.45, 2.75) is 71.1 Å². The van der Waals surface area contributed by atoms with Crippen LogP contribution in [0.15, 0.2) is 36.7 Å². The number of aliphatic hydroxyl groups is 1. The van der Waals surface area contributed by atoms with Crippen molar-refractivity contribution in [3.05, 3.63) is 53.6 Å². The molecule has 384 valence electrons. The van der Waals surface area contributed by atoms with Crippen LogP contribution in [0.5, 0.6) is 5.75 Å². The highest BCUT2D eigenvalue weighted by atomic mass is 35.5. The van der Waals surface area contributed by atoms with Gasteiger partial charge in [0.15, 0.2) is 0 Å². The molecule has 6 atom stereocenters. The van der Waals surface area contributed by atoms with Crippen molar-refractivity contribution >= 4 is 29.7 Å². The van der Waals surface area contributed by atoms with Gasteiger partial charge in [-0.1, -0.05) is 69.0 Å². The van der Waals surface area contributed by atoms with Gasteiger partial charge in [-0.25, -0.2) is 9.36 Å². The highest BCUT2D eigenvalue weighted by molar-refractivity contribution is 5.81. The number of aromatic nitrogens is 9. The first-order valence-electron chi connectivity index (χ1n) is 23.9. The number of anilines is 3. The van der Waals surface area contributed by atoms with Gasteiger partial charge in [0.05, 0.1) is 69.8 Å². The van der Waals surface area contributed by atoms with Crippen LogP contribution < -0.4 is 39.0 Å². The van der Waals surface area contributed by atoms with Crippen LogP contribution in [0, 0.1) is 24.2 Å². The van der Waals surface area contributed by atoms with E-state index in [2.05, 4.69) is 45.7 Å². The number of halogens is 1. The number of carbonyl (C=O) groups excluding carboxylic acids is 2. The van der Waals surface area contributed by atoms with Gasteiger partial charge in [-0.15, -0.1) is 16.6 Å². The van der Waals surface area contributed by atoms with Crippen LogP contribution >= 0.6 is 0 Å². The predicted molar refractivity (Wildman–Crippen MR) is 257 cm³/mol. The third-order valence-corrected chi connectivity index (χ3v) is 12.7. The fourth-order valence-corrected chi connectivity index (χ4v) is 7.99.